The zero-order valence-electron chi connectivity index (χ0n) is 14.0. The highest BCUT2D eigenvalue weighted by atomic mass is 16.2. The summed E-state index contributed by atoms with van der Waals surface area (Å²) in [4.78, 5) is 56.4. The molecule has 2 fully saturated rings. The summed E-state index contributed by atoms with van der Waals surface area (Å²) in [5.74, 6) is -1.42. The number of carbonyl (C=O) groups excluding carboxylic acids is 4. The van der Waals surface area contributed by atoms with Crippen molar-refractivity contribution in [2.75, 3.05) is 13.1 Å². The molecule has 0 bridgehead atoms. The van der Waals surface area contributed by atoms with Gasteiger partial charge in [-0.05, 0) is 12.8 Å². The molecule has 0 aliphatic carbocycles. The number of carbonyl (C=O) groups is 4. The van der Waals surface area contributed by atoms with Gasteiger partial charge in [0.05, 0.1) is 6.33 Å². The van der Waals surface area contributed by atoms with Crippen LogP contribution in [0.3, 0.4) is 0 Å². The topological polar surface area (TPSA) is 162 Å². The molecule has 0 saturated carbocycles. The molecule has 0 radical (unpaired) electrons. The Balaban J connectivity index is 1.74. The smallest absolute Gasteiger partial charge is 0.315 e. The summed E-state index contributed by atoms with van der Waals surface area (Å²) in [6, 6.07) is -2.77. The van der Waals surface area contributed by atoms with Gasteiger partial charge in [-0.1, -0.05) is 0 Å². The van der Waals surface area contributed by atoms with Crippen molar-refractivity contribution in [1.29, 1.82) is 0 Å². The summed E-state index contributed by atoms with van der Waals surface area (Å²) < 4.78 is 0. The minimum absolute atomic E-state index is 0.142. The highest BCUT2D eigenvalue weighted by molar-refractivity contribution is 5.95. The van der Waals surface area contributed by atoms with Crippen molar-refractivity contribution >= 4 is 23.8 Å². The zero-order valence-corrected chi connectivity index (χ0v) is 14.0. The van der Waals surface area contributed by atoms with Gasteiger partial charge < -0.3 is 31.6 Å². The third-order valence-corrected chi connectivity index (χ3v) is 4.55. The Morgan fingerprint density at radius 3 is 2.85 bits per heavy atom. The van der Waals surface area contributed by atoms with Crippen molar-refractivity contribution in [3.8, 4) is 0 Å². The van der Waals surface area contributed by atoms with E-state index in [1.54, 1.807) is 6.20 Å². The number of nitrogens with zero attached hydrogens (tertiary/aromatic N) is 2. The van der Waals surface area contributed by atoms with E-state index < -0.39 is 36.0 Å². The van der Waals surface area contributed by atoms with Crippen molar-refractivity contribution in [3.05, 3.63) is 18.2 Å². The molecule has 2 unspecified atom stereocenters. The molecule has 0 aromatic carbocycles. The van der Waals surface area contributed by atoms with Gasteiger partial charge in [-0.2, -0.15) is 0 Å². The molecule has 6 N–H and O–H groups in total. The highest BCUT2D eigenvalue weighted by Crippen LogP contribution is 2.19. The zero-order chi connectivity index (χ0) is 18.7. The summed E-state index contributed by atoms with van der Waals surface area (Å²) in [5.41, 5.74) is 6.05. The van der Waals surface area contributed by atoms with E-state index in [0.29, 0.717) is 25.1 Å². The first-order valence-corrected chi connectivity index (χ1v) is 8.37. The number of likely N-dealkylation sites (tertiary alicyclic amines) is 1. The van der Waals surface area contributed by atoms with Gasteiger partial charge in [0.15, 0.2) is 0 Å². The van der Waals surface area contributed by atoms with E-state index in [-0.39, 0.29) is 18.9 Å². The predicted octanol–water partition coefficient (Wildman–Crippen LogP) is -2.41. The van der Waals surface area contributed by atoms with Crippen LogP contribution in [0.15, 0.2) is 12.5 Å². The van der Waals surface area contributed by atoms with Crippen molar-refractivity contribution in [2.45, 2.75) is 37.4 Å². The number of primary amides is 1. The summed E-state index contributed by atoms with van der Waals surface area (Å²) >= 11 is 0. The van der Waals surface area contributed by atoms with Crippen molar-refractivity contribution in [3.63, 3.8) is 0 Å². The Labute approximate surface area is 149 Å². The summed E-state index contributed by atoms with van der Waals surface area (Å²) in [5, 5.41) is 7.63. The van der Waals surface area contributed by atoms with Crippen molar-refractivity contribution < 1.29 is 19.2 Å². The number of hydrogen-bond donors (Lipinski definition) is 5. The molecule has 1 aromatic heterocycles. The Bertz CT molecular complexity index is 705. The van der Waals surface area contributed by atoms with Gasteiger partial charge in [0, 0.05) is 31.4 Å². The number of aromatic amines is 1. The fourth-order valence-corrected chi connectivity index (χ4v) is 3.23. The maximum atomic E-state index is 13.0. The van der Waals surface area contributed by atoms with E-state index >= 15 is 0 Å². The monoisotopic (exact) mass is 363 g/mol. The highest BCUT2D eigenvalue weighted by Gasteiger charge is 2.38. The molecule has 5 amide bonds. The van der Waals surface area contributed by atoms with Gasteiger partial charge in [-0.25, -0.2) is 9.78 Å². The summed E-state index contributed by atoms with van der Waals surface area (Å²) in [6.45, 7) is 0.548. The van der Waals surface area contributed by atoms with Crippen molar-refractivity contribution in [2.24, 2.45) is 5.73 Å². The second-order valence-electron chi connectivity index (χ2n) is 6.34. The minimum Gasteiger partial charge on any atom is -0.368 e. The van der Waals surface area contributed by atoms with Crippen LogP contribution >= 0.6 is 0 Å². The Morgan fingerprint density at radius 1 is 1.42 bits per heavy atom. The lowest BCUT2D eigenvalue weighted by Gasteiger charge is -2.28. The number of rotatable bonds is 6. The molecule has 26 heavy (non-hydrogen) atoms. The van der Waals surface area contributed by atoms with Crippen LogP contribution < -0.4 is 21.7 Å². The molecule has 11 nitrogen and oxygen atoms in total. The number of hydrogen-bond acceptors (Lipinski definition) is 5. The normalized spacial score (nSPS) is 23.2. The average Bonchev–Trinajstić information content (AvgIpc) is 3.34. The molecule has 2 aliphatic rings. The first kappa shape index (κ1) is 17.7. The van der Waals surface area contributed by atoms with Gasteiger partial charge in [0.25, 0.3) is 0 Å². The lowest BCUT2D eigenvalue weighted by atomic mass is 10.1. The minimum atomic E-state index is -0.902. The third kappa shape index (κ3) is 3.76. The van der Waals surface area contributed by atoms with Crippen LogP contribution in [0.2, 0.25) is 0 Å². The van der Waals surface area contributed by atoms with Crippen molar-refractivity contribution in [1.82, 2.24) is 30.8 Å². The fraction of sp³-hybridized carbons (Fsp3) is 0.533. The summed E-state index contributed by atoms with van der Waals surface area (Å²) in [7, 11) is 0. The maximum Gasteiger partial charge on any atom is 0.315 e. The molecule has 3 atom stereocenters. The Morgan fingerprint density at radius 2 is 2.23 bits per heavy atom. The number of urea groups is 1. The molecule has 140 valence electrons. The molecule has 2 aliphatic heterocycles. The average molecular weight is 363 g/mol. The van der Waals surface area contributed by atoms with E-state index in [4.69, 9.17) is 5.73 Å². The van der Waals surface area contributed by atoms with Crippen LogP contribution in [0.1, 0.15) is 18.5 Å². The lowest BCUT2D eigenvalue weighted by Crippen LogP contribution is -2.56. The van der Waals surface area contributed by atoms with E-state index in [2.05, 4.69) is 25.9 Å². The number of H-pyrrole nitrogens is 1. The number of nitrogens with two attached hydrogens (primary N) is 1. The molecular weight excluding hydrogens is 342 g/mol. The van der Waals surface area contributed by atoms with E-state index in [0.717, 1.165) is 0 Å². The van der Waals surface area contributed by atoms with Crippen LogP contribution in [0.25, 0.3) is 0 Å². The standard InChI is InChI=1S/C15H21N7O4/c16-12(23)11-2-1-3-22(11)14(25)9(4-8-5-17-7-19-8)20-13(24)10-6-18-15(26)21-10/h5,7,9-11H,1-4,6H2,(H2,16,23)(H,17,19)(H,20,24)(H2,18,21,26)/t9-,10?,11?/m0/s1. The Kier molecular flexibility index (Phi) is 5.05. The second-order valence-corrected chi connectivity index (χ2v) is 6.34. The molecule has 0 spiro atoms. The number of aromatic nitrogens is 2. The van der Waals surface area contributed by atoms with Gasteiger partial charge in [0.2, 0.25) is 17.7 Å². The van der Waals surface area contributed by atoms with E-state index in [9.17, 15) is 19.2 Å². The van der Waals surface area contributed by atoms with E-state index in [1.165, 1.54) is 11.2 Å². The van der Waals surface area contributed by atoms with Gasteiger partial charge in [-0.15, -0.1) is 0 Å². The fourth-order valence-electron chi connectivity index (χ4n) is 3.23. The molecule has 1 aromatic rings. The van der Waals surface area contributed by atoms with Gasteiger partial charge >= 0.3 is 6.03 Å². The largest absolute Gasteiger partial charge is 0.368 e. The lowest BCUT2D eigenvalue weighted by molar-refractivity contribution is -0.140. The quantitative estimate of drug-likeness (QED) is 0.380. The van der Waals surface area contributed by atoms with Crippen LogP contribution in [-0.4, -0.2) is 69.8 Å². The van der Waals surface area contributed by atoms with Crippen LogP contribution in [0, 0.1) is 0 Å². The third-order valence-electron chi connectivity index (χ3n) is 4.55. The molecule has 11 heteroatoms. The van der Waals surface area contributed by atoms with Crippen LogP contribution in [0.4, 0.5) is 4.79 Å². The number of amides is 5. The van der Waals surface area contributed by atoms with Crippen LogP contribution in [0.5, 0.6) is 0 Å². The predicted molar refractivity (Wildman–Crippen MR) is 88.5 cm³/mol. The second kappa shape index (κ2) is 7.42. The number of imidazole rings is 1. The molecular formula is C15H21N7O4. The van der Waals surface area contributed by atoms with Crippen LogP contribution in [-0.2, 0) is 20.8 Å². The van der Waals surface area contributed by atoms with Gasteiger partial charge in [0.1, 0.15) is 18.1 Å². The number of nitrogens with one attached hydrogen (secondary N) is 4. The van der Waals surface area contributed by atoms with E-state index in [1.807, 2.05) is 0 Å². The SMILES string of the molecule is NC(=O)C1CCCN1C(=O)[C@H](Cc1cnc[nH]1)NC(=O)C1CNC(=O)N1. The van der Waals surface area contributed by atoms with Gasteiger partial charge in [-0.3, -0.25) is 14.4 Å². The molecule has 3 heterocycles. The maximum absolute atomic E-state index is 13.0. The first-order valence-electron chi connectivity index (χ1n) is 8.37. The first-order chi connectivity index (χ1) is 12.5. The molecule has 3 rings (SSSR count). The molecule has 2 saturated heterocycles. The Hall–Kier alpha value is -3.11. The summed E-state index contributed by atoms with van der Waals surface area (Å²) in [6.07, 6.45) is 4.39.